The third-order valence-electron chi connectivity index (χ3n) is 2.96. The topological polar surface area (TPSA) is 62.0 Å². The molecule has 0 radical (unpaired) electrons. The van der Waals surface area contributed by atoms with Gasteiger partial charge in [0, 0.05) is 12.4 Å². The highest BCUT2D eigenvalue weighted by molar-refractivity contribution is 7.89. The molecular formula is C9H11F3N2O2S. The average molecular weight is 268 g/mol. The van der Waals surface area contributed by atoms with Crippen molar-refractivity contribution in [1.29, 1.82) is 0 Å². The standard InChI is InChI=1S/C9H11F3N2O2S/c10-9(11,12)8(3-1-4-8)14-17(15,16)7-2-5-13-6-7/h2,5-6,13-14H,1,3-4H2. The van der Waals surface area contributed by atoms with Crippen molar-refractivity contribution >= 4 is 10.0 Å². The molecule has 1 aliphatic carbocycles. The van der Waals surface area contributed by atoms with Crippen molar-refractivity contribution in [2.24, 2.45) is 0 Å². The van der Waals surface area contributed by atoms with Crippen LogP contribution in [0.4, 0.5) is 13.2 Å². The van der Waals surface area contributed by atoms with E-state index in [1.807, 2.05) is 0 Å². The van der Waals surface area contributed by atoms with Crippen LogP contribution in [-0.2, 0) is 10.0 Å². The molecule has 0 aliphatic heterocycles. The fourth-order valence-electron chi connectivity index (χ4n) is 1.77. The van der Waals surface area contributed by atoms with Gasteiger partial charge in [0.2, 0.25) is 10.0 Å². The molecule has 1 heterocycles. The molecule has 0 bridgehead atoms. The molecule has 1 aromatic heterocycles. The molecule has 0 unspecified atom stereocenters. The third-order valence-corrected chi connectivity index (χ3v) is 4.49. The van der Waals surface area contributed by atoms with Gasteiger partial charge in [0.25, 0.3) is 0 Å². The van der Waals surface area contributed by atoms with Crippen molar-refractivity contribution in [3.63, 3.8) is 0 Å². The third kappa shape index (κ3) is 2.06. The first-order chi connectivity index (χ1) is 7.77. The van der Waals surface area contributed by atoms with E-state index in [1.165, 1.54) is 12.3 Å². The minimum atomic E-state index is -4.56. The first kappa shape index (κ1) is 12.4. The van der Waals surface area contributed by atoms with Gasteiger partial charge in [0.05, 0.1) is 4.90 Å². The number of alkyl halides is 3. The van der Waals surface area contributed by atoms with E-state index in [0.29, 0.717) is 6.42 Å². The van der Waals surface area contributed by atoms with E-state index < -0.39 is 21.7 Å². The maximum absolute atomic E-state index is 12.8. The number of aromatic nitrogens is 1. The molecule has 0 aromatic carbocycles. The van der Waals surface area contributed by atoms with Crippen LogP contribution in [-0.4, -0.2) is 25.1 Å². The SMILES string of the molecule is O=S(=O)(NC1(C(F)(F)F)CCC1)c1cc[nH]c1. The van der Waals surface area contributed by atoms with Gasteiger partial charge >= 0.3 is 6.18 Å². The van der Waals surface area contributed by atoms with Gasteiger partial charge in [-0.3, -0.25) is 0 Å². The molecule has 1 aromatic rings. The zero-order valence-electron chi connectivity index (χ0n) is 8.71. The largest absolute Gasteiger partial charge is 0.407 e. The predicted octanol–water partition coefficient (Wildman–Crippen LogP) is 1.78. The molecule has 8 heteroatoms. The maximum Gasteiger partial charge on any atom is 0.407 e. The Morgan fingerprint density at radius 2 is 2.00 bits per heavy atom. The molecular weight excluding hydrogens is 257 g/mol. The van der Waals surface area contributed by atoms with E-state index in [4.69, 9.17) is 0 Å². The van der Waals surface area contributed by atoms with Crippen LogP contribution < -0.4 is 4.72 Å². The van der Waals surface area contributed by atoms with Gasteiger partial charge in [-0.05, 0) is 25.3 Å². The average Bonchev–Trinajstić information content (AvgIpc) is 2.62. The smallest absolute Gasteiger partial charge is 0.366 e. The first-order valence-corrected chi connectivity index (χ1v) is 6.49. The summed E-state index contributed by atoms with van der Waals surface area (Å²) in [6.45, 7) is 0. The quantitative estimate of drug-likeness (QED) is 0.877. The van der Waals surface area contributed by atoms with Crippen LogP contribution >= 0.6 is 0 Å². The Morgan fingerprint density at radius 3 is 2.35 bits per heavy atom. The number of hydrogen-bond acceptors (Lipinski definition) is 2. The second-order valence-corrected chi connectivity index (χ2v) is 5.77. The number of nitrogens with one attached hydrogen (secondary N) is 2. The Kier molecular flexibility index (Phi) is 2.74. The van der Waals surface area contributed by atoms with Crippen LogP contribution in [0.1, 0.15) is 19.3 Å². The van der Waals surface area contributed by atoms with E-state index in [9.17, 15) is 21.6 Å². The van der Waals surface area contributed by atoms with Crippen LogP contribution in [0, 0.1) is 0 Å². The van der Waals surface area contributed by atoms with Crippen molar-refractivity contribution < 1.29 is 21.6 Å². The number of aromatic amines is 1. The van der Waals surface area contributed by atoms with Gasteiger partial charge in [-0.15, -0.1) is 0 Å². The van der Waals surface area contributed by atoms with Gasteiger partial charge in [0.15, 0.2) is 0 Å². The molecule has 1 saturated carbocycles. The molecule has 0 atom stereocenters. The fraction of sp³-hybridized carbons (Fsp3) is 0.556. The summed E-state index contributed by atoms with van der Waals surface area (Å²) < 4.78 is 63.6. The number of sulfonamides is 1. The van der Waals surface area contributed by atoms with Gasteiger partial charge in [0.1, 0.15) is 5.54 Å². The predicted molar refractivity (Wildman–Crippen MR) is 53.8 cm³/mol. The summed E-state index contributed by atoms with van der Waals surface area (Å²) in [7, 11) is -4.12. The Labute approximate surface area is 96.3 Å². The Hall–Kier alpha value is -1.02. The first-order valence-electron chi connectivity index (χ1n) is 5.00. The van der Waals surface area contributed by atoms with E-state index >= 15 is 0 Å². The molecule has 2 rings (SSSR count). The normalized spacial score (nSPS) is 19.9. The van der Waals surface area contributed by atoms with Crippen molar-refractivity contribution in [3.05, 3.63) is 18.5 Å². The molecule has 2 N–H and O–H groups in total. The summed E-state index contributed by atoms with van der Waals surface area (Å²) in [5.74, 6) is 0. The van der Waals surface area contributed by atoms with Crippen molar-refractivity contribution in [2.75, 3.05) is 0 Å². The molecule has 17 heavy (non-hydrogen) atoms. The highest BCUT2D eigenvalue weighted by Gasteiger charge is 2.60. The Bertz CT molecular complexity index is 489. The number of hydrogen-bond donors (Lipinski definition) is 2. The highest BCUT2D eigenvalue weighted by Crippen LogP contribution is 2.45. The fourth-order valence-corrected chi connectivity index (χ4v) is 3.19. The van der Waals surface area contributed by atoms with Crippen molar-refractivity contribution in [3.8, 4) is 0 Å². The van der Waals surface area contributed by atoms with E-state index in [1.54, 1.807) is 4.72 Å². The lowest BCUT2D eigenvalue weighted by atomic mass is 9.77. The summed E-state index contributed by atoms with van der Waals surface area (Å²) in [5, 5.41) is 0. The molecule has 0 spiro atoms. The lowest BCUT2D eigenvalue weighted by Crippen LogP contribution is -2.62. The lowest BCUT2D eigenvalue weighted by molar-refractivity contribution is -0.212. The van der Waals surface area contributed by atoms with Gasteiger partial charge in [-0.2, -0.15) is 17.9 Å². The zero-order chi connectivity index (χ0) is 12.7. The minimum Gasteiger partial charge on any atom is -0.366 e. The second kappa shape index (κ2) is 3.74. The van der Waals surface area contributed by atoms with Gasteiger partial charge in [-0.25, -0.2) is 8.42 Å². The van der Waals surface area contributed by atoms with E-state index in [-0.39, 0.29) is 17.7 Å². The molecule has 1 fully saturated rings. The van der Waals surface area contributed by atoms with Gasteiger partial charge < -0.3 is 4.98 Å². The number of H-pyrrole nitrogens is 1. The number of halogens is 3. The molecule has 1 aliphatic rings. The maximum atomic E-state index is 12.8. The molecule has 4 nitrogen and oxygen atoms in total. The van der Waals surface area contributed by atoms with Crippen LogP contribution in [0.25, 0.3) is 0 Å². The lowest BCUT2D eigenvalue weighted by Gasteiger charge is -2.43. The van der Waals surface area contributed by atoms with Crippen LogP contribution in [0.5, 0.6) is 0 Å². The molecule has 0 saturated heterocycles. The molecule has 0 amide bonds. The van der Waals surface area contributed by atoms with E-state index in [0.717, 1.165) is 6.20 Å². The van der Waals surface area contributed by atoms with E-state index in [2.05, 4.69) is 4.98 Å². The Balaban J connectivity index is 2.27. The summed E-state index contributed by atoms with van der Waals surface area (Å²) >= 11 is 0. The second-order valence-electron chi connectivity index (χ2n) is 4.09. The minimum absolute atomic E-state index is 0.187. The molecule has 96 valence electrons. The van der Waals surface area contributed by atoms with Crippen LogP contribution in [0.3, 0.4) is 0 Å². The summed E-state index contributed by atoms with van der Waals surface area (Å²) in [5.41, 5.74) is -2.29. The van der Waals surface area contributed by atoms with Gasteiger partial charge in [-0.1, -0.05) is 0 Å². The zero-order valence-corrected chi connectivity index (χ0v) is 9.53. The van der Waals surface area contributed by atoms with Crippen LogP contribution in [0.2, 0.25) is 0 Å². The highest BCUT2D eigenvalue weighted by atomic mass is 32.2. The monoisotopic (exact) mass is 268 g/mol. The summed E-state index contributed by atoms with van der Waals surface area (Å²) in [6, 6.07) is 1.21. The Morgan fingerprint density at radius 1 is 1.35 bits per heavy atom. The van der Waals surface area contributed by atoms with Crippen LogP contribution in [0.15, 0.2) is 23.4 Å². The van der Waals surface area contributed by atoms with Crippen molar-refractivity contribution in [1.82, 2.24) is 9.71 Å². The summed E-state index contributed by atoms with van der Waals surface area (Å²) in [6.07, 6.45) is -2.12. The number of rotatable bonds is 3. The summed E-state index contributed by atoms with van der Waals surface area (Å²) in [4.78, 5) is 2.31. The van der Waals surface area contributed by atoms with Crippen molar-refractivity contribution in [2.45, 2.75) is 35.9 Å².